The summed E-state index contributed by atoms with van der Waals surface area (Å²) in [7, 11) is 0. The summed E-state index contributed by atoms with van der Waals surface area (Å²) in [6, 6.07) is 0. The second kappa shape index (κ2) is 14.9. The van der Waals surface area contributed by atoms with Crippen LogP contribution in [0.4, 0.5) is 0 Å². The molecule has 0 amide bonds. The van der Waals surface area contributed by atoms with E-state index < -0.39 is 0 Å². The predicted molar refractivity (Wildman–Crippen MR) is 129 cm³/mol. The number of carbonyl (C=O) groups excluding carboxylic acids is 2. The van der Waals surface area contributed by atoms with Crippen molar-refractivity contribution in [2.45, 2.75) is 123 Å². The maximum Gasteiger partial charge on any atom is 0.309 e. The van der Waals surface area contributed by atoms with E-state index in [-0.39, 0.29) is 29.4 Å². The molecule has 1 aliphatic heterocycles. The van der Waals surface area contributed by atoms with E-state index in [0.29, 0.717) is 18.9 Å². The van der Waals surface area contributed by atoms with Gasteiger partial charge in [-0.25, -0.2) is 0 Å². The molecule has 5 heteroatoms. The van der Waals surface area contributed by atoms with Crippen LogP contribution >= 0.6 is 0 Å². The van der Waals surface area contributed by atoms with Crippen molar-refractivity contribution in [1.29, 1.82) is 0 Å². The Bertz CT molecular complexity index is 542. The topological polar surface area (TPSA) is 64.6 Å². The number of unbranched alkanes of at least 4 members (excludes halogenated alkanes) is 5. The molecular formula is C27H49NO4. The van der Waals surface area contributed by atoms with Crippen LogP contribution in [0.2, 0.25) is 0 Å². The lowest BCUT2D eigenvalue weighted by molar-refractivity contribution is -0.167. The summed E-state index contributed by atoms with van der Waals surface area (Å²) < 4.78 is 11.3. The number of hydrogen-bond acceptors (Lipinski definition) is 5. The van der Waals surface area contributed by atoms with E-state index in [1.165, 1.54) is 32.1 Å². The summed E-state index contributed by atoms with van der Waals surface area (Å²) in [5.41, 5.74) is 0.125. The van der Waals surface area contributed by atoms with Gasteiger partial charge in [0.2, 0.25) is 0 Å². The number of esters is 2. The number of ether oxygens (including phenoxy) is 2. The molecule has 1 saturated carbocycles. The van der Waals surface area contributed by atoms with Crippen LogP contribution in [0, 0.1) is 17.3 Å². The molecule has 2 aliphatic rings. The van der Waals surface area contributed by atoms with Gasteiger partial charge in [0.25, 0.3) is 0 Å². The summed E-state index contributed by atoms with van der Waals surface area (Å²) in [6.07, 6.45) is 16.4. The minimum atomic E-state index is -0.0718. The van der Waals surface area contributed by atoms with E-state index in [1.807, 2.05) is 6.92 Å². The first kappa shape index (κ1) is 27.1. The van der Waals surface area contributed by atoms with Crippen LogP contribution < -0.4 is 5.32 Å². The Kier molecular flexibility index (Phi) is 12.7. The number of carbonyl (C=O) groups is 2. The van der Waals surface area contributed by atoms with Gasteiger partial charge in [0.15, 0.2) is 0 Å². The fraction of sp³-hybridized carbons (Fsp3) is 0.926. The standard InChI is InChI=1S/C27H49NO4/c1-4-7-8-9-10-11-12-23(5-2)26(30)32-24-21-28-20-19-27(24)17-15-22(16-18-27)13-14-25(29)31-6-3/h22-24,28H,4-21H2,1-3H3. The lowest BCUT2D eigenvalue weighted by Crippen LogP contribution is -2.53. The van der Waals surface area contributed by atoms with Gasteiger partial charge in [-0.3, -0.25) is 9.59 Å². The number of hydrogen-bond donors (Lipinski definition) is 1. The van der Waals surface area contributed by atoms with Gasteiger partial charge in [0, 0.05) is 18.4 Å². The molecule has 1 aliphatic carbocycles. The van der Waals surface area contributed by atoms with Gasteiger partial charge in [-0.2, -0.15) is 0 Å². The molecule has 186 valence electrons. The average molecular weight is 452 g/mol. The first-order chi connectivity index (χ1) is 15.5. The van der Waals surface area contributed by atoms with Crippen molar-refractivity contribution in [2.24, 2.45) is 17.3 Å². The monoisotopic (exact) mass is 451 g/mol. The van der Waals surface area contributed by atoms with E-state index >= 15 is 0 Å². The molecule has 0 radical (unpaired) electrons. The zero-order valence-electron chi connectivity index (χ0n) is 21.1. The Balaban J connectivity index is 1.80. The second-order valence-corrected chi connectivity index (χ2v) is 10.2. The molecular weight excluding hydrogens is 402 g/mol. The van der Waals surface area contributed by atoms with E-state index in [4.69, 9.17) is 9.47 Å². The van der Waals surface area contributed by atoms with E-state index in [1.54, 1.807) is 0 Å². The van der Waals surface area contributed by atoms with Crippen molar-refractivity contribution in [3.8, 4) is 0 Å². The Morgan fingerprint density at radius 3 is 2.41 bits per heavy atom. The van der Waals surface area contributed by atoms with Gasteiger partial charge >= 0.3 is 11.9 Å². The van der Waals surface area contributed by atoms with Crippen LogP contribution in [0.1, 0.15) is 117 Å². The third-order valence-electron chi connectivity index (χ3n) is 7.97. The fourth-order valence-electron chi connectivity index (χ4n) is 5.68. The predicted octanol–water partition coefficient (Wildman–Crippen LogP) is 6.19. The lowest BCUT2D eigenvalue weighted by atomic mass is 9.63. The Morgan fingerprint density at radius 2 is 1.72 bits per heavy atom. The molecule has 1 spiro atoms. The van der Waals surface area contributed by atoms with Crippen LogP contribution in [0.15, 0.2) is 0 Å². The lowest BCUT2D eigenvalue weighted by Gasteiger charge is -2.48. The molecule has 2 atom stereocenters. The molecule has 5 nitrogen and oxygen atoms in total. The normalized spacial score (nSPS) is 26.6. The summed E-state index contributed by atoms with van der Waals surface area (Å²) in [5.74, 6) is 0.587. The molecule has 32 heavy (non-hydrogen) atoms. The highest BCUT2D eigenvalue weighted by molar-refractivity contribution is 5.72. The van der Waals surface area contributed by atoms with Crippen LogP contribution in [-0.4, -0.2) is 37.7 Å². The minimum Gasteiger partial charge on any atom is -0.466 e. The van der Waals surface area contributed by atoms with Crippen LogP contribution in [0.3, 0.4) is 0 Å². The fourth-order valence-corrected chi connectivity index (χ4v) is 5.68. The molecule has 2 fully saturated rings. The van der Waals surface area contributed by atoms with Crippen molar-refractivity contribution in [3.63, 3.8) is 0 Å². The third-order valence-corrected chi connectivity index (χ3v) is 7.97. The molecule has 1 N–H and O–H groups in total. The SMILES string of the molecule is CCCCCCCCC(CC)C(=O)OC1CNCCC12CCC(CCC(=O)OCC)CC2. The van der Waals surface area contributed by atoms with Crippen molar-refractivity contribution in [3.05, 3.63) is 0 Å². The Labute approximate surface area is 196 Å². The zero-order valence-corrected chi connectivity index (χ0v) is 21.1. The third kappa shape index (κ3) is 8.68. The van der Waals surface area contributed by atoms with Gasteiger partial charge in [-0.1, -0.05) is 52.4 Å². The summed E-state index contributed by atoms with van der Waals surface area (Å²) in [5, 5.41) is 3.47. The molecule has 0 aromatic heterocycles. The smallest absolute Gasteiger partial charge is 0.309 e. The van der Waals surface area contributed by atoms with Crippen molar-refractivity contribution in [2.75, 3.05) is 19.7 Å². The molecule has 2 rings (SSSR count). The molecule has 1 heterocycles. The number of piperidine rings is 1. The molecule has 2 unspecified atom stereocenters. The first-order valence-corrected chi connectivity index (χ1v) is 13.6. The highest BCUT2D eigenvalue weighted by Crippen LogP contribution is 2.47. The maximum atomic E-state index is 13.0. The largest absolute Gasteiger partial charge is 0.466 e. The summed E-state index contributed by atoms with van der Waals surface area (Å²) in [4.78, 5) is 24.7. The second-order valence-electron chi connectivity index (χ2n) is 10.2. The minimum absolute atomic E-state index is 0.00615. The van der Waals surface area contributed by atoms with Crippen LogP contribution in [0.5, 0.6) is 0 Å². The average Bonchev–Trinajstić information content (AvgIpc) is 2.80. The Hall–Kier alpha value is -1.10. The first-order valence-electron chi connectivity index (χ1n) is 13.6. The van der Waals surface area contributed by atoms with E-state index in [0.717, 1.165) is 70.9 Å². The molecule has 0 aromatic rings. The zero-order chi connectivity index (χ0) is 23.2. The maximum absolute atomic E-state index is 13.0. The van der Waals surface area contributed by atoms with Gasteiger partial charge in [0.05, 0.1) is 12.5 Å². The number of nitrogens with one attached hydrogen (secondary N) is 1. The molecule has 0 bridgehead atoms. The Morgan fingerprint density at radius 1 is 1.00 bits per heavy atom. The van der Waals surface area contributed by atoms with Crippen LogP contribution in [-0.2, 0) is 19.1 Å². The van der Waals surface area contributed by atoms with Gasteiger partial charge in [-0.15, -0.1) is 0 Å². The van der Waals surface area contributed by atoms with Gasteiger partial charge < -0.3 is 14.8 Å². The highest BCUT2D eigenvalue weighted by Gasteiger charge is 2.45. The summed E-state index contributed by atoms with van der Waals surface area (Å²) >= 11 is 0. The molecule has 0 aromatic carbocycles. The highest BCUT2D eigenvalue weighted by atomic mass is 16.5. The van der Waals surface area contributed by atoms with E-state index in [2.05, 4.69) is 19.2 Å². The van der Waals surface area contributed by atoms with Crippen molar-refractivity contribution >= 4 is 11.9 Å². The quantitative estimate of drug-likeness (QED) is 0.252. The molecule has 1 saturated heterocycles. The van der Waals surface area contributed by atoms with Crippen LogP contribution in [0.25, 0.3) is 0 Å². The summed E-state index contributed by atoms with van der Waals surface area (Å²) in [6.45, 7) is 8.48. The van der Waals surface area contributed by atoms with Crippen molar-refractivity contribution < 1.29 is 19.1 Å². The van der Waals surface area contributed by atoms with Crippen molar-refractivity contribution in [1.82, 2.24) is 5.32 Å². The number of rotatable bonds is 14. The van der Waals surface area contributed by atoms with Gasteiger partial charge in [0.1, 0.15) is 6.10 Å². The van der Waals surface area contributed by atoms with E-state index in [9.17, 15) is 9.59 Å². The van der Waals surface area contributed by atoms with Gasteiger partial charge in [-0.05, 0) is 70.8 Å².